The molecule has 14 heavy (non-hydrogen) atoms. The van der Waals surface area contributed by atoms with Gasteiger partial charge in [0.2, 0.25) is 11.7 Å². The smallest absolute Gasteiger partial charge is 0.223 e. The van der Waals surface area contributed by atoms with Gasteiger partial charge in [0.05, 0.1) is 0 Å². The highest BCUT2D eigenvalue weighted by molar-refractivity contribution is 5.64. The van der Waals surface area contributed by atoms with Gasteiger partial charge >= 0.3 is 0 Å². The summed E-state index contributed by atoms with van der Waals surface area (Å²) in [7, 11) is 0. The summed E-state index contributed by atoms with van der Waals surface area (Å²) in [6.45, 7) is 3.75. The molecular formula is C10H11N3O. The molecule has 0 aliphatic rings. The molecule has 0 atom stereocenters. The minimum atomic E-state index is 0.557. The summed E-state index contributed by atoms with van der Waals surface area (Å²) in [6, 6.07) is 5.64. The van der Waals surface area contributed by atoms with Gasteiger partial charge in [-0.1, -0.05) is 11.2 Å². The molecule has 72 valence electrons. The molecule has 0 radical (unpaired) electrons. The fourth-order valence-electron chi connectivity index (χ4n) is 1.29. The summed E-state index contributed by atoms with van der Waals surface area (Å²) < 4.78 is 4.91. The van der Waals surface area contributed by atoms with Gasteiger partial charge in [-0.2, -0.15) is 4.98 Å². The number of aromatic nitrogens is 2. The third-order valence-corrected chi connectivity index (χ3v) is 2.03. The number of anilines is 1. The van der Waals surface area contributed by atoms with Crippen molar-refractivity contribution < 1.29 is 4.52 Å². The van der Waals surface area contributed by atoms with Crippen LogP contribution in [0.5, 0.6) is 0 Å². The second kappa shape index (κ2) is 3.14. The van der Waals surface area contributed by atoms with Crippen LogP contribution in [-0.4, -0.2) is 10.1 Å². The van der Waals surface area contributed by atoms with Crippen molar-refractivity contribution in [2.45, 2.75) is 13.8 Å². The first-order valence-electron chi connectivity index (χ1n) is 4.33. The van der Waals surface area contributed by atoms with Gasteiger partial charge in [-0.05, 0) is 24.6 Å². The fourth-order valence-corrected chi connectivity index (χ4v) is 1.29. The van der Waals surface area contributed by atoms with E-state index in [9.17, 15) is 0 Å². The zero-order valence-corrected chi connectivity index (χ0v) is 8.11. The Morgan fingerprint density at radius 2 is 2.07 bits per heavy atom. The van der Waals surface area contributed by atoms with Gasteiger partial charge in [0.15, 0.2) is 0 Å². The topological polar surface area (TPSA) is 64.9 Å². The highest BCUT2D eigenvalue weighted by Gasteiger charge is 2.08. The Kier molecular flexibility index (Phi) is 1.96. The van der Waals surface area contributed by atoms with Crippen LogP contribution in [-0.2, 0) is 0 Å². The molecule has 4 nitrogen and oxygen atoms in total. The summed E-state index contributed by atoms with van der Waals surface area (Å²) >= 11 is 0. The SMILES string of the molecule is Cc1nc(-c2cc(N)ccc2C)no1. The Balaban J connectivity index is 2.55. The Morgan fingerprint density at radius 3 is 2.71 bits per heavy atom. The average Bonchev–Trinajstić information content (AvgIpc) is 2.56. The summed E-state index contributed by atoms with van der Waals surface area (Å²) in [4.78, 5) is 4.15. The Hall–Kier alpha value is -1.84. The average molecular weight is 189 g/mol. The van der Waals surface area contributed by atoms with E-state index >= 15 is 0 Å². The number of benzene rings is 1. The van der Waals surface area contributed by atoms with Crippen molar-refractivity contribution >= 4 is 5.69 Å². The van der Waals surface area contributed by atoms with E-state index in [1.165, 1.54) is 0 Å². The lowest BCUT2D eigenvalue weighted by molar-refractivity contribution is 0.394. The van der Waals surface area contributed by atoms with E-state index in [2.05, 4.69) is 10.1 Å². The van der Waals surface area contributed by atoms with Crippen LogP contribution in [0.25, 0.3) is 11.4 Å². The Labute approximate surface area is 81.7 Å². The van der Waals surface area contributed by atoms with Crippen molar-refractivity contribution in [3.63, 3.8) is 0 Å². The van der Waals surface area contributed by atoms with Crippen LogP contribution in [0.3, 0.4) is 0 Å². The monoisotopic (exact) mass is 189 g/mol. The molecule has 2 rings (SSSR count). The highest BCUT2D eigenvalue weighted by atomic mass is 16.5. The van der Waals surface area contributed by atoms with Gasteiger partial charge in [-0.25, -0.2) is 0 Å². The Morgan fingerprint density at radius 1 is 1.29 bits per heavy atom. The number of nitrogens with two attached hydrogens (primary N) is 1. The largest absolute Gasteiger partial charge is 0.399 e. The molecule has 1 heterocycles. The molecule has 0 fully saturated rings. The van der Waals surface area contributed by atoms with Gasteiger partial charge < -0.3 is 10.3 Å². The first kappa shape index (κ1) is 8.74. The standard InChI is InChI=1S/C10H11N3O/c1-6-3-4-8(11)5-9(6)10-12-7(2)14-13-10/h3-5H,11H2,1-2H3. The van der Waals surface area contributed by atoms with Crippen molar-refractivity contribution in [2.75, 3.05) is 5.73 Å². The molecule has 0 spiro atoms. The molecule has 0 saturated carbocycles. The maximum absolute atomic E-state index is 5.69. The van der Waals surface area contributed by atoms with Crippen molar-refractivity contribution in [2.24, 2.45) is 0 Å². The van der Waals surface area contributed by atoms with E-state index in [0.717, 1.165) is 11.1 Å². The van der Waals surface area contributed by atoms with Gasteiger partial charge in [0.1, 0.15) is 0 Å². The predicted octanol–water partition coefficient (Wildman–Crippen LogP) is 1.94. The molecule has 1 aromatic carbocycles. The minimum Gasteiger partial charge on any atom is -0.399 e. The number of hydrogen-bond donors (Lipinski definition) is 1. The van der Waals surface area contributed by atoms with Gasteiger partial charge in [0.25, 0.3) is 0 Å². The second-order valence-corrected chi connectivity index (χ2v) is 3.21. The lowest BCUT2D eigenvalue weighted by atomic mass is 10.1. The molecule has 0 unspecified atom stereocenters. The van der Waals surface area contributed by atoms with Crippen LogP contribution in [0.1, 0.15) is 11.5 Å². The maximum atomic E-state index is 5.69. The van der Waals surface area contributed by atoms with Crippen molar-refractivity contribution in [1.29, 1.82) is 0 Å². The minimum absolute atomic E-state index is 0.557. The lowest BCUT2D eigenvalue weighted by Crippen LogP contribution is -1.90. The Bertz CT molecular complexity index is 462. The highest BCUT2D eigenvalue weighted by Crippen LogP contribution is 2.22. The molecule has 2 N–H and O–H groups in total. The molecule has 0 aliphatic heterocycles. The first-order chi connectivity index (χ1) is 6.66. The predicted molar refractivity (Wildman–Crippen MR) is 53.6 cm³/mol. The third-order valence-electron chi connectivity index (χ3n) is 2.03. The zero-order chi connectivity index (χ0) is 10.1. The molecule has 1 aromatic heterocycles. The van der Waals surface area contributed by atoms with E-state index < -0.39 is 0 Å². The summed E-state index contributed by atoms with van der Waals surface area (Å²) in [6.07, 6.45) is 0. The van der Waals surface area contributed by atoms with Crippen molar-refractivity contribution in [3.8, 4) is 11.4 Å². The molecule has 0 aliphatic carbocycles. The van der Waals surface area contributed by atoms with Crippen molar-refractivity contribution in [3.05, 3.63) is 29.7 Å². The number of aryl methyl sites for hydroxylation is 2. The summed E-state index contributed by atoms with van der Waals surface area (Å²) in [5.41, 5.74) is 8.39. The van der Waals surface area contributed by atoms with Crippen LogP contribution in [0.15, 0.2) is 22.7 Å². The maximum Gasteiger partial charge on any atom is 0.223 e. The number of nitrogens with zero attached hydrogens (tertiary/aromatic N) is 2. The molecule has 0 saturated heterocycles. The zero-order valence-electron chi connectivity index (χ0n) is 8.11. The quantitative estimate of drug-likeness (QED) is 0.696. The van der Waals surface area contributed by atoms with Crippen LogP contribution >= 0.6 is 0 Å². The van der Waals surface area contributed by atoms with E-state index in [1.807, 2.05) is 25.1 Å². The second-order valence-electron chi connectivity index (χ2n) is 3.21. The fraction of sp³-hybridized carbons (Fsp3) is 0.200. The lowest BCUT2D eigenvalue weighted by Gasteiger charge is -2.01. The first-order valence-corrected chi connectivity index (χ1v) is 4.33. The molecule has 0 bridgehead atoms. The molecule has 4 heteroatoms. The third kappa shape index (κ3) is 1.46. The molecule has 0 amide bonds. The molecular weight excluding hydrogens is 178 g/mol. The number of nitrogen functional groups attached to an aromatic ring is 1. The number of rotatable bonds is 1. The van der Waals surface area contributed by atoms with Gasteiger partial charge in [-0.3, -0.25) is 0 Å². The summed E-state index contributed by atoms with van der Waals surface area (Å²) in [5.74, 6) is 1.15. The van der Waals surface area contributed by atoms with Crippen molar-refractivity contribution in [1.82, 2.24) is 10.1 Å². The molecule has 2 aromatic rings. The number of hydrogen-bond acceptors (Lipinski definition) is 4. The van der Waals surface area contributed by atoms with E-state index in [4.69, 9.17) is 10.3 Å². The van der Waals surface area contributed by atoms with E-state index in [-0.39, 0.29) is 0 Å². The normalized spacial score (nSPS) is 10.4. The van der Waals surface area contributed by atoms with E-state index in [0.29, 0.717) is 17.4 Å². The summed E-state index contributed by atoms with van der Waals surface area (Å²) in [5, 5.41) is 3.85. The van der Waals surface area contributed by atoms with Crippen LogP contribution in [0.4, 0.5) is 5.69 Å². The van der Waals surface area contributed by atoms with E-state index in [1.54, 1.807) is 6.92 Å². The van der Waals surface area contributed by atoms with Crippen LogP contribution < -0.4 is 5.73 Å². The van der Waals surface area contributed by atoms with Crippen LogP contribution in [0.2, 0.25) is 0 Å². The van der Waals surface area contributed by atoms with Gasteiger partial charge in [-0.15, -0.1) is 0 Å². The van der Waals surface area contributed by atoms with Crippen LogP contribution in [0, 0.1) is 13.8 Å². The van der Waals surface area contributed by atoms with Gasteiger partial charge in [0, 0.05) is 18.2 Å².